The third-order valence-electron chi connectivity index (χ3n) is 4.61. The molecule has 0 aliphatic rings. The maximum Gasteiger partial charge on any atom is 0.265 e. The van der Waals surface area contributed by atoms with E-state index in [9.17, 15) is 4.79 Å². The van der Waals surface area contributed by atoms with E-state index in [1.165, 1.54) is 5.56 Å². The zero-order valence-electron chi connectivity index (χ0n) is 16.4. The molecule has 0 aromatic heterocycles. The van der Waals surface area contributed by atoms with Crippen molar-refractivity contribution in [1.29, 1.82) is 0 Å². The Morgan fingerprint density at radius 1 is 1.00 bits per heavy atom. The molecule has 0 fully saturated rings. The molecule has 25 heavy (non-hydrogen) atoms. The van der Waals surface area contributed by atoms with Gasteiger partial charge in [-0.2, -0.15) is 0 Å². The number of hydrogen-bond donors (Lipinski definition) is 1. The Kier molecular flexibility index (Phi) is 5.89. The van der Waals surface area contributed by atoms with Crippen LogP contribution < -0.4 is 10.1 Å². The molecule has 0 heterocycles. The van der Waals surface area contributed by atoms with Crippen molar-refractivity contribution in [2.24, 2.45) is 0 Å². The Balaban J connectivity index is 2.20. The van der Waals surface area contributed by atoms with E-state index in [-0.39, 0.29) is 5.91 Å². The second-order valence-electron chi connectivity index (χ2n) is 7.15. The highest BCUT2D eigenvalue weighted by atomic mass is 16.5. The first-order valence-electron chi connectivity index (χ1n) is 8.85. The fourth-order valence-corrected chi connectivity index (χ4v) is 2.93. The summed E-state index contributed by atoms with van der Waals surface area (Å²) in [4.78, 5) is 12.7. The van der Waals surface area contributed by atoms with E-state index in [0.29, 0.717) is 5.92 Å². The van der Waals surface area contributed by atoms with Crippen LogP contribution in [0.25, 0.3) is 0 Å². The van der Waals surface area contributed by atoms with Gasteiger partial charge in [0.15, 0.2) is 6.10 Å². The first-order chi connectivity index (χ1) is 11.7. The number of carbonyl (C=O) groups excluding carboxylic acids is 1. The summed E-state index contributed by atoms with van der Waals surface area (Å²) in [6.45, 7) is 14.2. The molecule has 3 nitrogen and oxygen atoms in total. The standard InChI is InChI=1S/C22H29NO2/c1-13(2)19-10-8-9-15(4)21(19)23-22(24)18(7)25-20-12-14(3)11-16(5)17(20)6/h8-13,18H,1-7H3,(H,23,24)/t18-/m1/s1. The van der Waals surface area contributed by atoms with Crippen LogP contribution in [-0.4, -0.2) is 12.0 Å². The number of rotatable bonds is 5. The van der Waals surface area contributed by atoms with Crippen LogP contribution in [0.15, 0.2) is 30.3 Å². The molecular formula is C22H29NO2. The smallest absolute Gasteiger partial charge is 0.265 e. The van der Waals surface area contributed by atoms with E-state index in [1.807, 2.05) is 39.0 Å². The molecule has 0 radical (unpaired) electrons. The topological polar surface area (TPSA) is 38.3 Å². The van der Waals surface area contributed by atoms with Gasteiger partial charge in [-0.3, -0.25) is 4.79 Å². The lowest BCUT2D eigenvalue weighted by Crippen LogP contribution is -2.31. The number of aryl methyl sites for hydroxylation is 3. The lowest BCUT2D eigenvalue weighted by Gasteiger charge is -2.21. The van der Waals surface area contributed by atoms with Gasteiger partial charge in [0.05, 0.1) is 0 Å². The lowest BCUT2D eigenvalue weighted by atomic mass is 9.98. The van der Waals surface area contributed by atoms with Crippen LogP contribution in [0.2, 0.25) is 0 Å². The minimum absolute atomic E-state index is 0.130. The maximum atomic E-state index is 12.7. The third kappa shape index (κ3) is 4.41. The first-order valence-corrected chi connectivity index (χ1v) is 8.85. The number of hydrogen-bond acceptors (Lipinski definition) is 2. The van der Waals surface area contributed by atoms with Gasteiger partial charge in [-0.05, 0) is 74.4 Å². The molecule has 2 aromatic rings. The van der Waals surface area contributed by atoms with Gasteiger partial charge in [0.2, 0.25) is 0 Å². The summed E-state index contributed by atoms with van der Waals surface area (Å²) in [5.74, 6) is 0.983. The molecule has 0 unspecified atom stereocenters. The molecule has 1 N–H and O–H groups in total. The molecule has 0 spiro atoms. The third-order valence-corrected chi connectivity index (χ3v) is 4.61. The van der Waals surface area contributed by atoms with E-state index in [4.69, 9.17) is 4.74 Å². The molecule has 0 bridgehead atoms. The molecule has 2 rings (SSSR count). The molecule has 3 heteroatoms. The SMILES string of the molecule is Cc1cc(C)c(C)c(O[C@H](C)C(=O)Nc2c(C)cccc2C(C)C)c1. The van der Waals surface area contributed by atoms with Crippen molar-refractivity contribution in [1.82, 2.24) is 0 Å². The number of para-hydroxylation sites is 1. The first kappa shape index (κ1) is 19.0. The number of ether oxygens (including phenoxy) is 1. The number of benzene rings is 2. The molecule has 1 amide bonds. The Morgan fingerprint density at radius 3 is 2.32 bits per heavy atom. The van der Waals surface area contributed by atoms with Crippen LogP contribution >= 0.6 is 0 Å². The van der Waals surface area contributed by atoms with Crippen LogP contribution in [0.4, 0.5) is 5.69 Å². The van der Waals surface area contributed by atoms with Gasteiger partial charge in [-0.15, -0.1) is 0 Å². The molecule has 0 aliphatic carbocycles. The van der Waals surface area contributed by atoms with Crippen molar-refractivity contribution in [3.8, 4) is 5.75 Å². The fourth-order valence-electron chi connectivity index (χ4n) is 2.93. The molecule has 0 saturated heterocycles. The van der Waals surface area contributed by atoms with Gasteiger partial charge in [0.25, 0.3) is 5.91 Å². The summed E-state index contributed by atoms with van der Waals surface area (Å²) in [7, 11) is 0. The largest absolute Gasteiger partial charge is 0.481 e. The summed E-state index contributed by atoms with van der Waals surface area (Å²) in [6, 6.07) is 10.2. The molecule has 134 valence electrons. The quantitative estimate of drug-likeness (QED) is 0.786. The Labute approximate surface area is 151 Å². The zero-order chi connectivity index (χ0) is 18.7. The van der Waals surface area contributed by atoms with Gasteiger partial charge in [-0.25, -0.2) is 0 Å². The van der Waals surface area contributed by atoms with Crippen LogP contribution in [0.3, 0.4) is 0 Å². The van der Waals surface area contributed by atoms with Gasteiger partial charge >= 0.3 is 0 Å². The monoisotopic (exact) mass is 339 g/mol. The van der Waals surface area contributed by atoms with Gasteiger partial charge < -0.3 is 10.1 Å². The van der Waals surface area contributed by atoms with Crippen molar-refractivity contribution >= 4 is 11.6 Å². The van der Waals surface area contributed by atoms with Crippen LogP contribution in [0, 0.1) is 27.7 Å². The summed E-state index contributed by atoms with van der Waals surface area (Å²) < 4.78 is 5.97. The number of amides is 1. The van der Waals surface area contributed by atoms with Gasteiger partial charge in [0.1, 0.15) is 5.75 Å². The van der Waals surface area contributed by atoms with Crippen LogP contribution in [0.1, 0.15) is 54.5 Å². The zero-order valence-corrected chi connectivity index (χ0v) is 16.4. The summed E-state index contributed by atoms with van der Waals surface area (Å²) in [5.41, 5.74) is 6.48. The van der Waals surface area contributed by atoms with Crippen molar-refractivity contribution in [3.63, 3.8) is 0 Å². The van der Waals surface area contributed by atoms with Gasteiger partial charge in [0, 0.05) is 5.69 Å². The highest BCUT2D eigenvalue weighted by Gasteiger charge is 2.19. The number of nitrogens with one attached hydrogen (secondary N) is 1. The van der Waals surface area contributed by atoms with E-state index in [1.54, 1.807) is 6.92 Å². The Bertz CT molecular complexity index is 778. The molecule has 2 aromatic carbocycles. The lowest BCUT2D eigenvalue weighted by molar-refractivity contribution is -0.122. The average Bonchev–Trinajstić information content (AvgIpc) is 2.53. The van der Waals surface area contributed by atoms with Crippen LogP contribution in [0.5, 0.6) is 5.75 Å². The highest BCUT2D eigenvalue weighted by Crippen LogP contribution is 2.28. The number of anilines is 1. The molecule has 0 saturated carbocycles. The predicted octanol–water partition coefficient (Wildman–Crippen LogP) is 5.45. The summed E-state index contributed by atoms with van der Waals surface area (Å²) in [6.07, 6.45) is -0.570. The normalized spacial score (nSPS) is 12.2. The minimum atomic E-state index is -0.570. The van der Waals surface area contributed by atoms with E-state index in [2.05, 4.69) is 38.2 Å². The minimum Gasteiger partial charge on any atom is -0.481 e. The molecular weight excluding hydrogens is 310 g/mol. The second-order valence-corrected chi connectivity index (χ2v) is 7.15. The van der Waals surface area contributed by atoms with Crippen molar-refractivity contribution in [2.45, 2.75) is 60.5 Å². The van der Waals surface area contributed by atoms with Crippen LogP contribution in [-0.2, 0) is 4.79 Å². The fraction of sp³-hybridized carbons (Fsp3) is 0.409. The highest BCUT2D eigenvalue weighted by molar-refractivity contribution is 5.95. The van der Waals surface area contributed by atoms with Gasteiger partial charge in [-0.1, -0.05) is 38.1 Å². The Hall–Kier alpha value is -2.29. The van der Waals surface area contributed by atoms with Crippen molar-refractivity contribution in [3.05, 3.63) is 58.1 Å². The molecule has 1 atom stereocenters. The summed E-state index contributed by atoms with van der Waals surface area (Å²) in [5, 5.41) is 3.06. The Morgan fingerprint density at radius 2 is 1.68 bits per heavy atom. The van der Waals surface area contributed by atoms with E-state index in [0.717, 1.165) is 33.7 Å². The van der Waals surface area contributed by atoms with Crippen molar-refractivity contribution in [2.75, 3.05) is 5.32 Å². The second kappa shape index (κ2) is 7.73. The molecule has 0 aliphatic heterocycles. The maximum absolute atomic E-state index is 12.7. The van der Waals surface area contributed by atoms with Crippen molar-refractivity contribution < 1.29 is 9.53 Å². The van der Waals surface area contributed by atoms with E-state index >= 15 is 0 Å². The number of carbonyl (C=O) groups is 1. The average molecular weight is 339 g/mol. The predicted molar refractivity (Wildman–Crippen MR) is 105 cm³/mol. The van der Waals surface area contributed by atoms with E-state index < -0.39 is 6.10 Å². The summed E-state index contributed by atoms with van der Waals surface area (Å²) >= 11 is 0.